The van der Waals surface area contributed by atoms with Gasteiger partial charge in [-0.15, -0.1) is 0 Å². The maximum Gasteiger partial charge on any atom is 0.309 e. The normalized spacial score (nSPS) is 19.8. The highest BCUT2D eigenvalue weighted by molar-refractivity contribution is 9.09. The second-order valence-corrected chi connectivity index (χ2v) is 4.74. The Labute approximate surface area is 87.5 Å². The highest BCUT2D eigenvalue weighted by atomic mass is 79.9. The molecule has 3 nitrogen and oxygen atoms in total. The minimum Gasteiger partial charge on any atom is -0.469 e. The lowest BCUT2D eigenvalue weighted by molar-refractivity contribution is -0.147. The molecule has 0 spiro atoms. The lowest BCUT2D eigenvalue weighted by atomic mass is 9.77. The molecule has 0 saturated heterocycles. The Balaban J connectivity index is 4.76. The molecule has 0 heterocycles. The van der Waals surface area contributed by atoms with E-state index in [1.54, 1.807) is 6.92 Å². The van der Waals surface area contributed by atoms with Crippen LogP contribution in [-0.4, -0.2) is 24.1 Å². The number of nitrogens with one attached hydrogen (secondary N) is 1. The van der Waals surface area contributed by atoms with Crippen molar-refractivity contribution < 1.29 is 9.53 Å². The van der Waals surface area contributed by atoms with Crippen LogP contribution in [-0.2, 0) is 9.53 Å². The second kappa shape index (κ2) is 4.74. The molecule has 0 aliphatic carbocycles. The smallest absolute Gasteiger partial charge is 0.309 e. The van der Waals surface area contributed by atoms with Crippen LogP contribution in [0, 0.1) is 16.7 Å². The summed E-state index contributed by atoms with van der Waals surface area (Å²) in [7, 11) is 1.36. The van der Waals surface area contributed by atoms with Crippen LogP contribution in [0.5, 0.6) is 0 Å². The van der Waals surface area contributed by atoms with Crippen molar-refractivity contribution in [2.24, 2.45) is 11.3 Å². The van der Waals surface area contributed by atoms with Crippen molar-refractivity contribution in [3.63, 3.8) is 0 Å². The Hall–Kier alpha value is -0.380. The van der Waals surface area contributed by atoms with Crippen molar-refractivity contribution in [2.75, 3.05) is 7.11 Å². The van der Waals surface area contributed by atoms with Gasteiger partial charge in [-0.25, -0.2) is 0 Å². The summed E-state index contributed by atoms with van der Waals surface area (Å²) in [5, 5.41) is 7.32. The van der Waals surface area contributed by atoms with Crippen LogP contribution in [0.25, 0.3) is 0 Å². The van der Waals surface area contributed by atoms with Gasteiger partial charge in [0, 0.05) is 16.5 Å². The number of carbonyl (C=O) groups is 1. The van der Waals surface area contributed by atoms with Gasteiger partial charge in [0.1, 0.15) is 0 Å². The zero-order chi connectivity index (χ0) is 10.6. The van der Waals surface area contributed by atoms with Gasteiger partial charge in [-0.3, -0.25) is 4.79 Å². The van der Waals surface area contributed by atoms with E-state index >= 15 is 0 Å². The van der Waals surface area contributed by atoms with E-state index in [2.05, 4.69) is 20.7 Å². The maximum atomic E-state index is 11.3. The molecular weight excluding hydrogens is 234 g/mol. The first-order valence-corrected chi connectivity index (χ1v) is 5.05. The zero-order valence-corrected chi connectivity index (χ0v) is 10.0. The quantitative estimate of drug-likeness (QED) is 0.472. The van der Waals surface area contributed by atoms with Gasteiger partial charge in [-0.2, -0.15) is 0 Å². The zero-order valence-electron chi connectivity index (χ0n) is 8.43. The van der Waals surface area contributed by atoms with Crippen molar-refractivity contribution in [3.8, 4) is 0 Å². The summed E-state index contributed by atoms with van der Waals surface area (Å²) >= 11 is 3.40. The summed E-state index contributed by atoms with van der Waals surface area (Å²) in [6.45, 7) is 5.56. The van der Waals surface area contributed by atoms with Crippen molar-refractivity contribution >= 4 is 28.1 Å². The molecule has 0 bridgehead atoms. The van der Waals surface area contributed by atoms with Crippen LogP contribution in [0.3, 0.4) is 0 Å². The van der Waals surface area contributed by atoms with Crippen molar-refractivity contribution in [1.82, 2.24) is 0 Å². The first-order valence-electron chi connectivity index (χ1n) is 4.13. The minimum absolute atomic E-state index is 0.0617. The molecule has 3 atom stereocenters. The van der Waals surface area contributed by atoms with E-state index in [1.807, 2.05) is 13.8 Å². The molecule has 0 fully saturated rings. The van der Waals surface area contributed by atoms with Crippen molar-refractivity contribution in [1.29, 1.82) is 5.41 Å². The van der Waals surface area contributed by atoms with E-state index in [9.17, 15) is 4.79 Å². The number of hydrogen-bond acceptors (Lipinski definition) is 3. The number of methoxy groups -OCH3 is 1. The van der Waals surface area contributed by atoms with Crippen LogP contribution >= 0.6 is 15.9 Å². The highest BCUT2D eigenvalue weighted by Crippen LogP contribution is 2.34. The molecule has 2 unspecified atom stereocenters. The molecule has 0 radical (unpaired) electrons. The summed E-state index contributed by atoms with van der Waals surface area (Å²) in [5.41, 5.74) is -0.493. The summed E-state index contributed by atoms with van der Waals surface area (Å²) in [6.07, 6.45) is 1.30. The predicted molar refractivity (Wildman–Crippen MR) is 56.5 cm³/mol. The summed E-state index contributed by atoms with van der Waals surface area (Å²) < 4.78 is 4.65. The van der Waals surface area contributed by atoms with E-state index in [4.69, 9.17) is 5.41 Å². The lowest BCUT2D eigenvalue weighted by Gasteiger charge is -2.32. The van der Waals surface area contributed by atoms with Gasteiger partial charge in [0.25, 0.3) is 0 Å². The molecule has 0 aliphatic heterocycles. The largest absolute Gasteiger partial charge is 0.469 e. The Morgan fingerprint density at radius 3 is 2.31 bits per heavy atom. The minimum atomic E-state index is -0.493. The van der Waals surface area contributed by atoms with Gasteiger partial charge in [-0.05, 0) is 0 Å². The van der Waals surface area contributed by atoms with Crippen LogP contribution in [0.15, 0.2) is 0 Å². The molecule has 0 aliphatic rings. The Morgan fingerprint density at radius 2 is 2.08 bits per heavy atom. The first kappa shape index (κ1) is 12.6. The molecule has 0 aromatic rings. The van der Waals surface area contributed by atoms with Gasteiger partial charge in [0.15, 0.2) is 0 Å². The third-order valence-electron chi connectivity index (χ3n) is 2.66. The number of halogens is 1. The highest BCUT2D eigenvalue weighted by Gasteiger charge is 2.38. The average molecular weight is 250 g/mol. The first-order chi connectivity index (χ1) is 5.90. The summed E-state index contributed by atoms with van der Waals surface area (Å²) in [6, 6.07) is 0. The third kappa shape index (κ3) is 2.53. The maximum absolute atomic E-state index is 11.3. The second-order valence-electron chi connectivity index (χ2n) is 3.37. The lowest BCUT2D eigenvalue weighted by Crippen LogP contribution is -2.39. The molecule has 0 saturated carbocycles. The number of hydrogen-bond donors (Lipinski definition) is 1. The van der Waals surface area contributed by atoms with Gasteiger partial charge < -0.3 is 10.1 Å². The van der Waals surface area contributed by atoms with Crippen LogP contribution in [0.2, 0.25) is 0 Å². The van der Waals surface area contributed by atoms with E-state index in [0.717, 1.165) is 0 Å². The van der Waals surface area contributed by atoms with Crippen molar-refractivity contribution in [3.05, 3.63) is 0 Å². The van der Waals surface area contributed by atoms with E-state index < -0.39 is 5.41 Å². The van der Waals surface area contributed by atoms with Gasteiger partial charge in [0.05, 0.1) is 13.0 Å². The van der Waals surface area contributed by atoms with Gasteiger partial charge in [0.2, 0.25) is 0 Å². The third-order valence-corrected chi connectivity index (χ3v) is 3.64. The molecular formula is C9H16BrNO2. The standard InChI is InChI=1S/C9H16BrNO2/c1-6(8(12)13-4)9(3,5-11)7(2)10/h5-7,11H,1-4H3/t6?,7-,9?/m1/s1. The van der Waals surface area contributed by atoms with E-state index in [0.29, 0.717) is 0 Å². The fraction of sp³-hybridized carbons (Fsp3) is 0.778. The van der Waals surface area contributed by atoms with Crippen LogP contribution in [0.4, 0.5) is 0 Å². The number of carbonyl (C=O) groups excluding carboxylic acids is 1. The number of esters is 1. The SMILES string of the molecule is COC(=O)C(C)C(C)(C=N)[C@@H](C)Br. The van der Waals surface area contributed by atoms with Gasteiger partial charge in [-0.1, -0.05) is 36.7 Å². The van der Waals surface area contributed by atoms with Gasteiger partial charge >= 0.3 is 5.97 Å². The molecule has 13 heavy (non-hydrogen) atoms. The van der Waals surface area contributed by atoms with E-state index in [1.165, 1.54) is 13.3 Å². The fourth-order valence-corrected chi connectivity index (χ4v) is 1.54. The van der Waals surface area contributed by atoms with E-state index in [-0.39, 0.29) is 16.7 Å². The molecule has 0 aromatic carbocycles. The number of ether oxygens (including phenoxy) is 1. The molecule has 0 rings (SSSR count). The fourth-order valence-electron chi connectivity index (χ4n) is 1.02. The molecule has 4 heteroatoms. The molecule has 0 aromatic heterocycles. The topological polar surface area (TPSA) is 50.2 Å². The monoisotopic (exact) mass is 249 g/mol. The molecule has 1 N–H and O–H groups in total. The Morgan fingerprint density at radius 1 is 1.62 bits per heavy atom. The number of rotatable bonds is 4. The summed E-state index contributed by atoms with van der Waals surface area (Å²) in [5.74, 6) is -0.596. The molecule has 0 amide bonds. The Bertz CT molecular complexity index is 206. The Kier molecular flexibility index (Phi) is 4.61. The number of alkyl halides is 1. The predicted octanol–water partition coefficient (Wildman–Crippen LogP) is 2.23. The van der Waals surface area contributed by atoms with Crippen LogP contribution in [0.1, 0.15) is 20.8 Å². The molecule has 76 valence electrons. The average Bonchev–Trinajstić information content (AvgIpc) is 2.13. The van der Waals surface area contributed by atoms with Crippen LogP contribution < -0.4 is 0 Å². The van der Waals surface area contributed by atoms with Crippen molar-refractivity contribution in [2.45, 2.75) is 25.6 Å². The summed E-state index contributed by atoms with van der Waals surface area (Å²) in [4.78, 5) is 11.3.